The first-order valence-corrected chi connectivity index (χ1v) is 7.56. The van der Waals surface area contributed by atoms with Crippen molar-refractivity contribution >= 4 is 0 Å². The van der Waals surface area contributed by atoms with Gasteiger partial charge < -0.3 is 4.74 Å². The Morgan fingerprint density at radius 1 is 0.792 bits per heavy atom. The highest BCUT2D eigenvalue weighted by Gasteiger charge is 2.10. The molecule has 0 aliphatic heterocycles. The summed E-state index contributed by atoms with van der Waals surface area (Å²) in [5.74, 6) is 2.44. The van der Waals surface area contributed by atoms with Gasteiger partial charge in [0.15, 0.2) is 11.6 Å². The number of rotatable bonds is 4. The van der Waals surface area contributed by atoms with Crippen LogP contribution in [0.25, 0.3) is 17.2 Å². The minimum Gasteiger partial charge on any atom is -0.439 e. The minimum absolute atomic E-state index is 0.473. The van der Waals surface area contributed by atoms with E-state index >= 15 is 0 Å². The molecule has 0 atom stereocenters. The van der Waals surface area contributed by atoms with Crippen LogP contribution in [0.4, 0.5) is 0 Å². The van der Waals surface area contributed by atoms with Crippen LogP contribution in [0.2, 0.25) is 0 Å². The molecule has 0 bridgehead atoms. The lowest BCUT2D eigenvalue weighted by atomic mass is 10.2. The second-order valence-corrected chi connectivity index (χ2v) is 5.12. The molecule has 0 aliphatic rings. The normalized spacial score (nSPS) is 10.5. The van der Waals surface area contributed by atoms with Gasteiger partial charge in [-0.15, -0.1) is 0 Å². The molecular formula is C19H14N4O. The first-order chi connectivity index (χ1) is 11.9. The summed E-state index contributed by atoms with van der Waals surface area (Å²) >= 11 is 0. The van der Waals surface area contributed by atoms with Gasteiger partial charge in [-0.1, -0.05) is 48.5 Å². The van der Waals surface area contributed by atoms with Crippen LogP contribution in [-0.2, 0) is 0 Å². The zero-order chi connectivity index (χ0) is 16.2. The van der Waals surface area contributed by atoms with Gasteiger partial charge in [0.25, 0.3) is 0 Å². The van der Waals surface area contributed by atoms with Gasteiger partial charge in [0.05, 0.1) is 0 Å². The molecule has 0 spiro atoms. The van der Waals surface area contributed by atoms with Crippen LogP contribution >= 0.6 is 0 Å². The highest BCUT2D eigenvalue weighted by molar-refractivity contribution is 5.56. The molecule has 0 unspecified atom stereocenters. The predicted octanol–water partition coefficient (Wildman–Crippen LogP) is 4.12. The molecule has 0 saturated carbocycles. The van der Waals surface area contributed by atoms with Crippen molar-refractivity contribution in [2.75, 3.05) is 0 Å². The first-order valence-electron chi connectivity index (χ1n) is 7.56. The molecule has 0 amide bonds. The summed E-state index contributed by atoms with van der Waals surface area (Å²) in [5, 5.41) is 4.24. The molecule has 5 heteroatoms. The maximum Gasteiger partial charge on any atom is 0.225 e. The standard InChI is InChI=1S/C19H14N4O/c1-3-8-15(9-4-1)19-21-17(23-13-7-12-20-23)14-18(22-19)24-16-10-5-2-6-11-16/h1-14H. The summed E-state index contributed by atoms with van der Waals surface area (Å²) in [6, 6.07) is 23.0. The molecule has 4 aromatic rings. The monoisotopic (exact) mass is 314 g/mol. The van der Waals surface area contributed by atoms with E-state index in [1.165, 1.54) is 0 Å². The zero-order valence-corrected chi connectivity index (χ0v) is 12.8. The number of para-hydroxylation sites is 1. The lowest BCUT2D eigenvalue weighted by Gasteiger charge is -2.09. The van der Waals surface area contributed by atoms with Crippen LogP contribution in [-0.4, -0.2) is 19.7 Å². The maximum absolute atomic E-state index is 5.89. The molecule has 2 heterocycles. The summed E-state index contributed by atoms with van der Waals surface area (Å²) in [6.45, 7) is 0. The van der Waals surface area contributed by atoms with Gasteiger partial charge in [-0.25, -0.2) is 9.67 Å². The van der Waals surface area contributed by atoms with Crippen molar-refractivity contribution in [1.82, 2.24) is 19.7 Å². The molecule has 2 aromatic carbocycles. The lowest BCUT2D eigenvalue weighted by molar-refractivity contribution is 0.461. The molecule has 0 aliphatic carbocycles. The molecular weight excluding hydrogens is 300 g/mol. The Morgan fingerprint density at radius 2 is 1.54 bits per heavy atom. The average molecular weight is 314 g/mol. The van der Waals surface area contributed by atoms with Crippen LogP contribution in [0.5, 0.6) is 11.6 Å². The fourth-order valence-electron chi connectivity index (χ4n) is 2.31. The fourth-order valence-corrected chi connectivity index (χ4v) is 2.31. The lowest BCUT2D eigenvalue weighted by Crippen LogP contribution is -2.02. The smallest absolute Gasteiger partial charge is 0.225 e. The van der Waals surface area contributed by atoms with Gasteiger partial charge in [0.1, 0.15) is 5.75 Å². The van der Waals surface area contributed by atoms with Crippen LogP contribution in [0, 0.1) is 0 Å². The summed E-state index contributed by atoms with van der Waals surface area (Å²) in [4.78, 5) is 9.13. The Labute approximate surface area is 139 Å². The van der Waals surface area contributed by atoms with Gasteiger partial charge in [-0.05, 0) is 18.2 Å². The molecule has 0 fully saturated rings. The number of hydrogen-bond acceptors (Lipinski definition) is 4. The Hall–Kier alpha value is -3.47. The van der Waals surface area contributed by atoms with Crippen LogP contribution in [0.15, 0.2) is 85.2 Å². The van der Waals surface area contributed by atoms with Crippen molar-refractivity contribution in [3.05, 3.63) is 85.2 Å². The Kier molecular flexibility index (Phi) is 3.73. The highest BCUT2D eigenvalue weighted by Crippen LogP contribution is 2.24. The van der Waals surface area contributed by atoms with Crippen molar-refractivity contribution in [2.45, 2.75) is 0 Å². The quantitative estimate of drug-likeness (QED) is 0.568. The highest BCUT2D eigenvalue weighted by atomic mass is 16.5. The van der Waals surface area contributed by atoms with E-state index < -0.39 is 0 Å². The van der Waals surface area contributed by atoms with Crippen LogP contribution < -0.4 is 4.74 Å². The van der Waals surface area contributed by atoms with Gasteiger partial charge >= 0.3 is 0 Å². The maximum atomic E-state index is 5.89. The van der Waals surface area contributed by atoms with E-state index in [-0.39, 0.29) is 0 Å². The van der Waals surface area contributed by atoms with Crippen molar-refractivity contribution in [3.8, 4) is 28.8 Å². The number of aromatic nitrogens is 4. The van der Waals surface area contributed by atoms with E-state index in [1.54, 1.807) is 16.9 Å². The van der Waals surface area contributed by atoms with Crippen molar-refractivity contribution < 1.29 is 4.74 Å². The van der Waals surface area contributed by atoms with E-state index in [1.807, 2.05) is 72.9 Å². The molecule has 0 radical (unpaired) electrons. The Balaban J connectivity index is 1.79. The molecule has 5 nitrogen and oxygen atoms in total. The van der Waals surface area contributed by atoms with Crippen LogP contribution in [0.3, 0.4) is 0 Å². The molecule has 116 valence electrons. The minimum atomic E-state index is 0.473. The van der Waals surface area contributed by atoms with Crippen LogP contribution in [0.1, 0.15) is 0 Å². The van der Waals surface area contributed by atoms with E-state index in [4.69, 9.17) is 4.74 Å². The largest absolute Gasteiger partial charge is 0.439 e. The first kappa shape index (κ1) is 14.1. The third kappa shape index (κ3) is 3.01. The van der Waals surface area contributed by atoms with Gasteiger partial charge in [-0.2, -0.15) is 10.1 Å². The van der Waals surface area contributed by atoms with Gasteiger partial charge in [0.2, 0.25) is 5.88 Å². The Morgan fingerprint density at radius 3 is 2.25 bits per heavy atom. The Bertz CT molecular complexity index is 922. The van der Waals surface area contributed by atoms with E-state index in [0.717, 1.165) is 11.3 Å². The van der Waals surface area contributed by atoms with Crippen molar-refractivity contribution in [1.29, 1.82) is 0 Å². The van der Waals surface area contributed by atoms with E-state index in [2.05, 4.69) is 15.1 Å². The second kappa shape index (κ2) is 6.34. The second-order valence-electron chi connectivity index (χ2n) is 5.12. The number of benzene rings is 2. The molecule has 0 N–H and O–H groups in total. The van der Waals surface area contributed by atoms with Crippen molar-refractivity contribution in [2.24, 2.45) is 0 Å². The molecule has 4 rings (SSSR count). The average Bonchev–Trinajstić information content (AvgIpc) is 3.18. The SMILES string of the molecule is c1ccc(Oc2cc(-n3cccn3)nc(-c3ccccc3)n2)cc1. The molecule has 24 heavy (non-hydrogen) atoms. The summed E-state index contributed by atoms with van der Waals surface area (Å²) in [5.41, 5.74) is 0.921. The summed E-state index contributed by atoms with van der Waals surface area (Å²) < 4.78 is 7.57. The number of nitrogens with zero attached hydrogens (tertiary/aromatic N) is 4. The third-order valence-corrected chi connectivity index (χ3v) is 3.43. The third-order valence-electron chi connectivity index (χ3n) is 3.43. The van der Waals surface area contributed by atoms with E-state index in [9.17, 15) is 0 Å². The summed E-state index contributed by atoms with van der Waals surface area (Å²) in [6.07, 6.45) is 3.55. The van der Waals surface area contributed by atoms with Gasteiger partial charge in [0, 0.05) is 24.0 Å². The fraction of sp³-hybridized carbons (Fsp3) is 0. The number of hydrogen-bond donors (Lipinski definition) is 0. The predicted molar refractivity (Wildman–Crippen MR) is 91.1 cm³/mol. The molecule has 2 aromatic heterocycles. The van der Waals surface area contributed by atoms with Crippen molar-refractivity contribution in [3.63, 3.8) is 0 Å². The zero-order valence-electron chi connectivity index (χ0n) is 12.8. The molecule has 0 saturated heterocycles. The van der Waals surface area contributed by atoms with E-state index in [0.29, 0.717) is 17.5 Å². The topological polar surface area (TPSA) is 52.8 Å². The van der Waals surface area contributed by atoms with Gasteiger partial charge in [-0.3, -0.25) is 0 Å². The number of ether oxygens (including phenoxy) is 1. The summed E-state index contributed by atoms with van der Waals surface area (Å²) in [7, 11) is 0.